The van der Waals surface area contributed by atoms with E-state index in [-0.39, 0.29) is 0 Å². The Balaban J connectivity index is 1.91. The lowest BCUT2D eigenvalue weighted by Gasteiger charge is -2.09. The van der Waals surface area contributed by atoms with Crippen LogP contribution in [0, 0.1) is 0 Å². The van der Waals surface area contributed by atoms with E-state index in [2.05, 4.69) is 22.6 Å². The SMILES string of the molecule is c1nc2c(cc1C1CCNC1)CCC2. The topological polar surface area (TPSA) is 24.9 Å². The van der Waals surface area contributed by atoms with Crippen molar-refractivity contribution in [3.8, 4) is 0 Å². The number of nitrogens with zero attached hydrogens (tertiary/aromatic N) is 1. The maximum atomic E-state index is 4.58. The molecule has 0 radical (unpaired) electrons. The minimum Gasteiger partial charge on any atom is -0.316 e. The second-order valence-electron chi connectivity index (χ2n) is 4.42. The van der Waals surface area contributed by atoms with Crippen molar-refractivity contribution in [2.24, 2.45) is 0 Å². The Morgan fingerprint density at radius 3 is 3.21 bits per heavy atom. The number of hydrogen-bond donors (Lipinski definition) is 1. The molecule has 1 fully saturated rings. The van der Waals surface area contributed by atoms with Crippen LogP contribution in [0.3, 0.4) is 0 Å². The smallest absolute Gasteiger partial charge is 0.0435 e. The molecule has 1 aliphatic carbocycles. The fourth-order valence-corrected chi connectivity index (χ4v) is 2.61. The zero-order valence-electron chi connectivity index (χ0n) is 8.42. The maximum Gasteiger partial charge on any atom is 0.0435 e. The zero-order chi connectivity index (χ0) is 9.38. The number of nitrogens with one attached hydrogen (secondary N) is 1. The molecule has 2 heterocycles. The number of aromatic nitrogens is 1. The summed E-state index contributed by atoms with van der Waals surface area (Å²) in [6.45, 7) is 2.31. The van der Waals surface area contributed by atoms with Crippen LogP contribution >= 0.6 is 0 Å². The van der Waals surface area contributed by atoms with Gasteiger partial charge in [0, 0.05) is 18.4 Å². The summed E-state index contributed by atoms with van der Waals surface area (Å²) in [5.74, 6) is 0.716. The lowest BCUT2D eigenvalue weighted by atomic mass is 9.98. The van der Waals surface area contributed by atoms with Crippen LogP contribution in [-0.2, 0) is 12.8 Å². The van der Waals surface area contributed by atoms with Crippen molar-refractivity contribution in [3.05, 3.63) is 29.1 Å². The van der Waals surface area contributed by atoms with Crippen molar-refractivity contribution in [2.45, 2.75) is 31.6 Å². The standard InChI is InChI=1S/C12H16N2/c1-2-9-6-11(8-14-12(9)3-1)10-4-5-13-7-10/h6,8,10,13H,1-5,7H2. The second-order valence-corrected chi connectivity index (χ2v) is 4.42. The van der Waals surface area contributed by atoms with E-state index < -0.39 is 0 Å². The Bertz CT molecular complexity index is 340. The third kappa shape index (κ3) is 1.34. The van der Waals surface area contributed by atoms with Gasteiger partial charge in [0.2, 0.25) is 0 Å². The van der Waals surface area contributed by atoms with Gasteiger partial charge in [-0.3, -0.25) is 4.98 Å². The van der Waals surface area contributed by atoms with Gasteiger partial charge in [-0.05, 0) is 49.3 Å². The highest BCUT2D eigenvalue weighted by Crippen LogP contribution is 2.26. The van der Waals surface area contributed by atoms with Gasteiger partial charge in [-0.2, -0.15) is 0 Å². The fourth-order valence-electron chi connectivity index (χ4n) is 2.61. The summed E-state index contributed by atoms with van der Waals surface area (Å²) in [6.07, 6.45) is 7.12. The summed E-state index contributed by atoms with van der Waals surface area (Å²) in [5.41, 5.74) is 4.31. The molecule has 1 aromatic heterocycles. The van der Waals surface area contributed by atoms with Crippen LogP contribution in [0.2, 0.25) is 0 Å². The van der Waals surface area contributed by atoms with Crippen molar-refractivity contribution in [3.63, 3.8) is 0 Å². The van der Waals surface area contributed by atoms with E-state index in [9.17, 15) is 0 Å². The molecular formula is C12H16N2. The van der Waals surface area contributed by atoms with Crippen molar-refractivity contribution in [2.75, 3.05) is 13.1 Å². The molecule has 1 atom stereocenters. The molecule has 2 aliphatic rings. The van der Waals surface area contributed by atoms with Crippen LogP contribution in [-0.4, -0.2) is 18.1 Å². The van der Waals surface area contributed by atoms with Gasteiger partial charge in [0.05, 0.1) is 0 Å². The summed E-state index contributed by atoms with van der Waals surface area (Å²) in [4.78, 5) is 4.58. The van der Waals surface area contributed by atoms with E-state index in [1.165, 1.54) is 49.0 Å². The lowest BCUT2D eigenvalue weighted by Crippen LogP contribution is -2.08. The Hall–Kier alpha value is -0.890. The fraction of sp³-hybridized carbons (Fsp3) is 0.583. The summed E-state index contributed by atoms with van der Waals surface area (Å²) in [7, 11) is 0. The van der Waals surface area contributed by atoms with E-state index in [1.807, 2.05) is 0 Å². The molecule has 1 saturated heterocycles. The van der Waals surface area contributed by atoms with Gasteiger partial charge in [0.1, 0.15) is 0 Å². The van der Waals surface area contributed by atoms with Gasteiger partial charge in [-0.15, -0.1) is 0 Å². The van der Waals surface area contributed by atoms with Crippen LogP contribution in [0.1, 0.15) is 35.6 Å². The van der Waals surface area contributed by atoms with Crippen molar-refractivity contribution < 1.29 is 0 Å². The molecular weight excluding hydrogens is 172 g/mol. The molecule has 1 N–H and O–H groups in total. The number of aryl methyl sites for hydroxylation is 2. The van der Waals surface area contributed by atoms with E-state index in [1.54, 1.807) is 0 Å². The third-order valence-corrected chi connectivity index (χ3v) is 3.47. The third-order valence-electron chi connectivity index (χ3n) is 3.47. The predicted molar refractivity (Wildman–Crippen MR) is 56.5 cm³/mol. The highest BCUT2D eigenvalue weighted by Gasteiger charge is 2.19. The van der Waals surface area contributed by atoms with E-state index in [0.29, 0.717) is 5.92 Å². The average molecular weight is 188 g/mol. The summed E-state index contributed by atoms with van der Waals surface area (Å²) in [6, 6.07) is 2.40. The predicted octanol–water partition coefficient (Wildman–Crippen LogP) is 1.65. The summed E-state index contributed by atoms with van der Waals surface area (Å²) in [5, 5.41) is 3.41. The number of hydrogen-bond acceptors (Lipinski definition) is 2. The Labute approximate surface area is 84.7 Å². The van der Waals surface area contributed by atoms with Gasteiger partial charge >= 0.3 is 0 Å². The Morgan fingerprint density at radius 2 is 2.36 bits per heavy atom. The van der Waals surface area contributed by atoms with Crippen molar-refractivity contribution in [1.29, 1.82) is 0 Å². The second kappa shape index (κ2) is 3.35. The molecule has 0 spiro atoms. The molecule has 1 unspecified atom stereocenters. The lowest BCUT2D eigenvalue weighted by molar-refractivity contribution is 0.756. The van der Waals surface area contributed by atoms with Gasteiger partial charge in [0.15, 0.2) is 0 Å². The van der Waals surface area contributed by atoms with E-state index in [0.717, 1.165) is 6.54 Å². The molecule has 1 aromatic rings. The molecule has 2 heteroatoms. The molecule has 14 heavy (non-hydrogen) atoms. The van der Waals surface area contributed by atoms with Crippen LogP contribution in [0.4, 0.5) is 0 Å². The molecule has 1 aliphatic heterocycles. The van der Waals surface area contributed by atoms with Crippen LogP contribution in [0.5, 0.6) is 0 Å². The minimum absolute atomic E-state index is 0.716. The molecule has 0 amide bonds. The number of fused-ring (bicyclic) bond motifs is 1. The number of rotatable bonds is 1. The summed E-state index contributed by atoms with van der Waals surface area (Å²) < 4.78 is 0. The Kier molecular flexibility index (Phi) is 2.02. The Morgan fingerprint density at radius 1 is 1.36 bits per heavy atom. The first-order valence-corrected chi connectivity index (χ1v) is 5.62. The van der Waals surface area contributed by atoms with Crippen LogP contribution < -0.4 is 5.32 Å². The van der Waals surface area contributed by atoms with Crippen molar-refractivity contribution >= 4 is 0 Å². The number of pyridine rings is 1. The normalized spacial score (nSPS) is 25.3. The van der Waals surface area contributed by atoms with Crippen LogP contribution in [0.25, 0.3) is 0 Å². The van der Waals surface area contributed by atoms with Gasteiger partial charge in [-0.25, -0.2) is 0 Å². The highest BCUT2D eigenvalue weighted by atomic mass is 14.9. The molecule has 0 bridgehead atoms. The molecule has 74 valence electrons. The van der Waals surface area contributed by atoms with Gasteiger partial charge in [0.25, 0.3) is 0 Å². The van der Waals surface area contributed by atoms with E-state index >= 15 is 0 Å². The largest absolute Gasteiger partial charge is 0.316 e. The molecule has 0 aromatic carbocycles. The first kappa shape index (κ1) is 8.42. The highest BCUT2D eigenvalue weighted by molar-refractivity contribution is 5.31. The monoisotopic (exact) mass is 188 g/mol. The molecule has 3 rings (SSSR count). The quantitative estimate of drug-likeness (QED) is 0.725. The zero-order valence-corrected chi connectivity index (χ0v) is 8.42. The van der Waals surface area contributed by atoms with Gasteiger partial charge < -0.3 is 5.32 Å². The van der Waals surface area contributed by atoms with Gasteiger partial charge in [-0.1, -0.05) is 6.07 Å². The first-order valence-electron chi connectivity index (χ1n) is 5.62. The maximum absolute atomic E-state index is 4.58. The van der Waals surface area contributed by atoms with Crippen molar-refractivity contribution in [1.82, 2.24) is 10.3 Å². The minimum atomic E-state index is 0.716. The average Bonchev–Trinajstić information content (AvgIpc) is 2.88. The molecule has 0 saturated carbocycles. The molecule has 2 nitrogen and oxygen atoms in total. The van der Waals surface area contributed by atoms with E-state index in [4.69, 9.17) is 0 Å². The summed E-state index contributed by atoms with van der Waals surface area (Å²) >= 11 is 0. The first-order chi connectivity index (χ1) is 6.93. The van der Waals surface area contributed by atoms with Crippen LogP contribution in [0.15, 0.2) is 12.3 Å².